The molecule has 1 fully saturated rings. The number of rotatable bonds is 3. The zero-order valence-electron chi connectivity index (χ0n) is 9.46. The van der Waals surface area contributed by atoms with Crippen LogP contribution in [-0.2, 0) is 10.0 Å². The maximum Gasteiger partial charge on any atom is 0.238 e. The summed E-state index contributed by atoms with van der Waals surface area (Å²) in [5, 5.41) is 1.75. The lowest BCUT2D eigenvalue weighted by atomic mass is 10.3. The number of hydrogen-bond donors (Lipinski definition) is 0. The number of thiophene rings is 1. The summed E-state index contributed by atoms with van der Waals surface area (Å²) in [7, 11) is -1.47. The summed E-state index contributed by atoms with van der Waals surface area (Å²) < 4.78 is 26.8. The van der Waals surface area contributed by atoms with E-state index in [1.165, 1.54) is 15.6 Å². The van der Waals surface area contributed by atoms with Gasteiger partial charge in [-0.05, 0) is 30.4 Å². The molecule has 3 nitrogen and oxygen atoms in total. The molecule has 1 heterocycles. The van der Waals surface area contributed by atoms with E-state index in [9.17, 15) is 8.42 Å². The Morgan fingerprint density at radius 2 is 2.00 bits per heavy atom. The Hall–Kier alpha value is -1.07. The Morgan fingerprint density at radius 1 is 1.29 bits per heavy atom. The quantitative estimate of drug-likeness (QED) is 0.857. The van der Waals surface area contributed by atoms with Gasteiger partial charge in [-0.15, -0.1) is 11.3 Å². The van der Waals surface area contributed by atoms with Gasteiger partial charge in [0.2, 0.25) is 10.0 Å². The smallest absolute Gasteiger partial charge is 0.238 e. The molecule has 1 aromatic carbocycles. The van der Waals surface area contributed by atoms with E-state index in [4.69, 9.17) is 0 Å². The van der Waals surface area contributed by atoms with Gasteiger partial charge in [0.25, 0.3) is 0 Å². The molecule has 5 heteroatoms. The molecule has 1 aromatic heterocycles. The number of nitrogens with zero attached hydrogens (tertiary/aromatic N) is 1. The Bertz CT molecular complexity index is 623. The van der Waals surface area contributed by atoms with Crippen LogP contribution in [0.25, 0.3) is 10.1 Å². The fraction of sp³-hybridized carbons (Fsp3) is 0.333. The van der Waals surface area contributed by atoms with Gasteiger partial charge in [-0.25, -0.2) is 8.42 Å². The monoisotopic (exact) mass is 267 g/mol. The average Bonchev–Trinajstić information content (AvgIpc) is 3.08. The first-order chi connectivity index (χ1) is 8.09. The second-order valence-corrected chi connectivity index (χ2v) is 7.64. The number of benzene rings is 1. The highest BCUT2D eigenvalue weighted by Crippen LogP contribution is 2.37. The van der Waals surface area contributed by atoms with Crippen molar-refractivity contribution in [2.75, 3.05) is 11.4 Å². The molecule has 3 rings (SSSR count). The molecule has 2 aromatic rings. The summed E-state index contributed by atoms with van der Waals surface area (Å²) in [4.78, 5) is 0. The van der Waals surface area contributed by atoms with Crippen molar-refractivity contribution in [2.24, 2.45) is 0 Å². The van der Waals surface area contributed by atoms with E-state index < -0.39 is 10.0 Å². The van der Waals surface area contributed by atoms with Crippen molar-refractivity contribution < 1.29 is 8.42 Å². The Morgan fingerprint density at radius 3 is 2.65 bits per heavy atom. The summed E-state index contributed by atoms with van der Waals surface area (Å²) >= 11 is 1.52. The van der Waals surface area contributed by atoms with Gasteiger partial charge >= 0.3 is 0 Å². The minimum Gasteiger partial charge on any atom is -0.264 e. The second-order valence-electron chi connectivity index (χ2n) is 4.33. The zero-order chi connectivity index (χ0) is 12.0. The predicted octanol–water partition coefficient (Wildman–Crippen LogP) is 2.83. The topological polar surface area (TPSA) is 37.4 Å². The van der Waals surface area contributed by atoms with Crippen LogP contribution in [0.4, 0.5) is 5.00 Å². The van der Waals surface area contributed by atoms with Crippen molar-refractivity contribution in [3.8, 4) is 0 Å². The van der Waals surface area contributed by atoms with Gasteiger partial charge in [-0.3, -0.25) is 4.31 Å². The molecule has 0 spiro atoms. The average molecular weight is 267 g/mol. The van der Waals surface area contributed by atoms with Gasteiger partial charge in [-0.1, -0.05) is 18.2 Å². The molecule has 1 saturated carbocycles. The molecule has 0 radical (unpaired) electrons. The Kier molecular flexibility index (Phi) is 2.41. The number of hydrogen-bond acceptors (Lipinski definition) is 3. The van der Waals surface area contributed by atoms with Crippen LogP contribution in [-0.4, -0.2) is 20.7 Å². The molecule has 0 bridgehead atoms. The minimum absolute atomic E-state index is 0.155. The standard InChI is InChI=1S/C12H13NO2S2/c1-13(17(14,15)10-6-7-10)12-8-9-4-2-3-5-11(9)16-12/h2-5,8,10H,6-7H2,1H3. The lowest BCUT2D eigenvalue weighted by Crippen LogP contribution is -2.28. The molecule has 1 aliphatic carbocycles. The van der Waals surface area contributed by atoms with E-state index >= 15 is 0 Å². The summed E-state index contributed by atoms with van der Waals surface area (Å²) in [5.41, 5.74) is 0. The number of sulfonamides is 1. The molecular weight excluding hydrogens is 254 g/mol. The van der Waals surface area contributed by atoms with Crippen molar-refractivity contribution in [1.82, 2.24) is 0 Å². The van der Waals surface area contributed by atoms with Gasteiger partial charge < -0.3 is 0 Å². The molecule has 1 aliphatic rings. The SMILES string of the molecule is CN(c1cc2ccccc2s1)S(=O)(=O)C1CC1. The van der Waals surface area contributed by atoms with Gasteiger partial charge in [-0.2, -0.15) is 0 Å². The highest BCUT2D eigenvalue weighted by atomic mass is 32.2. The molecule has 0 atom stereocenters. The van der Waals surface area contributed by atoms with Crippen LogP contribution < -0.4 is 4.31 Å². The number of fused-ring (bicyclic) bond motifs is 1. The van der Waals surface area contributed by atoms with Crippen LogP contribution in [0.1, 0.15) is 12.8 Å². The molecule has 0 aliphatic heterocycles. The van der Waals surface area contributed by atoms with Crippen LogP contribution >= 0.6 is 11.3 Å². The molecule has 0 unspecified atom stereocenters. The zero-order valence-corrected chi connectivity index (χ0v) is 11.1. The first kappa shape index (κ1) is 11.0. The van der Waals surface area contributed by atoms with Crippen molar-refractivity contribution in [1.29, 1.82) is 0 Å². The molecule has 90 valence electrons. The van der Waals surface area contributed by atoms with E-state index in [0.717, 1.165) is 27.9 Å². The Labute approximate surface area is 105 Å². The van der Waals surface area contributed by atoms with Crippen LogP contribution in [0, 0.1) is 0 Å². The van der Waals surface area contributed by atoms with Crippen LogP contribution in [0.2, 0.25) is 0 Å². The van der Waals surface area contributed by atoms with Crippen LogP contribution in [0.5, 0.6) is 0 Å². The lowest BCUT2D eigenvalue weighted by molar-refractivity contribution is 0.593. The predicted molar refractivity (Wildman–Crippen MR) is 72.2 cm³/mol. The molecule has 0 saturated heterocycles. The van der Waals surface area contributed by atoms with E-state index in [0.29, 0.717) is 0 Å². The van der Waals surface area contributed by atoms with Crippen LogP contribution in [0.3, 0.4) is 0 Å². The van der Waals surface area contributed by atoms with Crippen molar-refractivity contribution >= 4 is 36.4 Å². The minimum atomic E-state index is -3.12. The fourth-order valence-corrected chi connectivity index (χ4v) is 4.68. The first-order valence-corrected chi connectivity index (χ1v) is 7.87. The van der Waals surface area contributed by atoms with Crippen molar-refractivity contribution in [3.63, 3.8) is 0 Å². The third-order valence-electron chi connectivity index (χ3n) is 3.05. The van der Waals surface area contributed by atoms with Crippen molar-refractivity contribution in [3.05, 3.63) is 30.3 Å². The first-order valence-electron chi connectivity index (χ1n) is 5.55. The molecule has 17 heavy (non-hydrogen) atoms. The normalized spacial score (nSPS) is 16.3. The highest BCUT2D eigenvalue weighted by Gasteiger charge is 2.39. The van der Waals surface area contributed by atoms with Crippen LogP contribution in [0.15, 0.2) is 30.3 Å². The van der Waals surface area contributed by atoms with Gasteiger partial charge in [0.1, 0.15) is 5.00 Å². The summed E-state index contributed by atoms with van der Waals surface area (Å²) in [6, 6.07) is 9.90. The van der Waals surface area contributed by atoms with Crippen molar-refractivity contribution in [2.45, 2.75) is 18.1 Å². The van der Waals surface area contributed by atoms with E-state index in [1.807, 2.05) is 30.3 Å². The summed E-state index contributed by atoms with van der Waals surface area (Å²) in [6.45, 7) is 0. The summed E-state index contributed by atoms with van der Waals surface area (Å²) in [5.74, 6) is 0. The largest absolute Gasteiger partial charge is 0.264 e. The Balaban J connectivity index is 2.03. The third kappa shape index (κ3) is 1.83. The second kappa shape index (κ2) is 3.71. The lowest BCUT2D eigenvalue weighted by Gasteiger charge is -2.16. The molecule has 0 amide bonds. The summed E-state index contributed by atoms with van der Waals surface area (Å²) in [6.07, 6.45) is 1.61. The molecular formula is C12H13NO2S2. The maximum atomic E-state index is 12.1. The van der Waals surface area contributed by atoms with Gasteiger partial charge in [0.05, 0.1) is 5.25 Å². The van der Waals surface area contributed by atoms with Gasteiger partial charge in [0, 0.05) is 11.7 Å². The molecule has 0 N–H and O–H groups in total. The maximum absolute atomic E-state index is 12.1. The highest BCUT2D eigenvalue weighted by molar-refractivity contribution is 7.93. The van der Waals surface area contributed by atoms with E-state index in [2.05, 4.69) is 0 Å². The van der Waals surface area contributed by atoms with E-state index in [-0.39, 0.29) is 5.25 Å². The third-order valence-corrected chi connectivity index (χ3v) is 6.63. The van der Waals surface area contributed by atoms with E-state index in [1.54, 1.807) is 7.05 Å². The van der Waals surface area contributed by atoms with Gasteiger partial charge in [0.15, 0.2) is 0 Å². The fourth-order valence-electron chi connectivity index (χ4n) is 1.84. The number of anilines is 1.